The molecular weight excluding hydrogens is 304 g/mol. The molecule has 0 bridgehead atoms. The Bertz CT molecular complexity index is 752. The monoisotopic (exact) mass is 330 g/mol. The Morgan fingerprint density at radius 2 is 2.12 bits per heavy atom. The molecule has 0 spiro atoms. The molecule has 5 heteroatoms. The number of para-hydroxylation sites is 1. The number of carbonyl (C=O) groups excluding carboxylic acids is 1. The lowest BCUT2D eigenvalue weighted by molar-refractivity contribution is -0.132. The third-order valence-corrected chi connectivity index (χ3v) is 4.19. The molecule has 0 aliphatic rings. The van der Waals surface area contributed by atoms with Crippen LogP contribution in [0.1, 0.15) is 37.3 Å². The summed E-state index contributed by atoms with van der Waals surface area (Å²) in [7, 11) is 1.61. The number of hydrogen-bond donors (Lipinski definition) is 1. The summed E-state index contributed by atoms with van der Waals surface area (Å²) >= 11 is 0. The minimum atomic E-state index is -0.137. The van der Waals surface area contributed by atoms with E-state index in [2.05, 4.69) is 11.9 Å². The number of unbranched alkanes of at least 4 members (excludes halogenated alkanes) is 1. The summed E-state index contributed by atoms with van der Waals surface area (Å²) in [6.45, 7) is 5.29. The first kappa shape index (κ1) is 18.2. The fourth-order valence-corrected chi connectivity index (χ4v) is 2.73. The van der Waals surface area contributed by atoms with Crippen LogP contribution in [-0.2, 0) is 16.1 Å². The molecule has 0 saturated carbocycles. The second kappa shape index (κ2) is 8.64. The molecule has 0 radical (unpaired) electrons. The van der Waals surface area contributed by atoms with Crippen LogP contribution in [-0.4, -0.2) is 36.1 Å². The van der Waals surface area contributed by atoms with E-state index in [9.17, 15) is 9.59 Å². The maximum atomic E-state index is 12.4. The van der Waals surface area contributed by atoms with Gasteiger partial charge < -0.3 is 14.6 Å². The zero-order chi connectivity index (χ0) is 17.5. The number of aryl methyl sites for hydroxylation is 1. The van der Waals surface area contributed by atoms with Crippen molar-refractivity contribution < 1.29 is 9.53 Å². The van der Waals surface area contributed by atoms with Gasteiger partial charge in [0, 0.05) is 25.6 Å². The van der Waals surface area contributed by atoms with Crippen LogP contribution in [0.3, 0.4) is 0 Å². The van der Waals surface area contributed by atoms with Gasteiger partial charge in [0.1, 0.15) is 0 Å². The Hall–Kier alpha value is -2.14. The lowest BCUT2D eigenvalue weighted by Gasteiger charge is -2.22. The number of benzene rings is 1. The number of pyridine rings is 1. The average Bonchev–Trinajstić information content (AvgIpc) is 2.57. The summed E-state index contributed by atoms with van der Waals surface area (Å²) in [5.74, 6) is 0.0673. The number of nitrogens with zero attached hydrogens (tertiary/aromatic N) is 1. The van der Waals surface area contributed by atoms with Crippen LogP contribution in [0.4, 0.5) is 0 Å². The molecule has 5 nitrogen and oxygen atoms in total. The van der Waals surface area contributed by atoms with Crippen molar-refractivity contribution in [1.29, 1.82) is 0 Å². The van der Waals surface area contributed by atoms with Gasteiger partial charge >= 0.3 is 0 Å². The fraction of sp³-hybridized carbons (Fsp3) is 0.474. The number of aromatic amines is 1. The van der Waals surface area contributed by atoms with Crippen molar-refractivity contribution in [2.45, 2.75) is 39.7 Å². The maximum Gasteiger partial charge on any atom is 0.253 e. The first-order valence-electron chi connectivity index (χ1n) is 8.45. The molecule has 130 valence electrons. The van der Waals surface area contributed by atoms with Gasteiger partial charge in [0.05, 0.1) is 18.7 Å². The minimum Gasteiger partial charge on any atom is -0.383 e. The van der Waals surface area contributed by atoms with Crippen molar-refractivity contribution in [3.8, 4) is 0 Å². The van der Waals surface area contributed by atoms with E-state index in [0.29, 0.717) is 31.7 Å². The maximum absolute atomic E-state index is 12.4. The molecule has 1 heterocycles. The molecule has 0 fully saturated rings. The van der Waals surface area contributed by atoms with E-state index in [0.717, 1.165) is 29.3 Å². The largest absolute Gasteiger partial charge is 0.383 e. The predicted molar refractivity (Wildman–Crippen MR) is 96.1 cm³/mol. The van der Waals surface area contributed by atoms with Gasteiger partial charge in [0.2, 0.25) is 5.91 Å². The Kier molecular flexibility index (Phi) is 6.55. The van der Waals surface area contributed by atoms with Gasteiger partial charge in [0.15, 0.2) is 0 Å². The van der Waals surface area contributed by atoms with Crippen LogP contribution >= 0.6 is 0 Å². The number of H-pyrrole nitrogens is 1. The van der Waals surface area contributed by atoms with E-state index in [1.54, 1.807) is 12.0 Å². The van der Waals surface area contributed by atoms with Crippen molar-refractivity contribution in [2.24, 2.45) is 0 Å². The van der Waals surface area contributed by atoms with Gasteiger partial charge in [-0.3, -0.25) is 9.59 Å². The summed E-state index contributed by atoms with van der Waals surface area (Å²) in [5, 5.41) is 0.984. The highest BCUT2D eigenvalue weighted by Gasteiger charge is 2.15. The first-order chi connectivity index (χ1) is 11.6. The second-order valence-electron chi connectivity index (χ2n) is 6.07. The molecule has 1 amide bonds. The molecule has 0 aliphatic heterocycles. The number of fused-ring (bicyclic) bond motifs is 1. The molecule has 24 heavy (non-hydrogen) atoms. The van der Waals surface area contributed by atoms with E-state index in [4.69, 9.17) is 4.74 Å². The normalized spacial score (nSPS) is 11.0. The van der Waals surface area contributed by atoms with Gasteiger partial charge in [-0.1, -0.05) is 31.5 Å². The van der Waals surface area contributed by atoms with Crippen LogP contribution in [0.5, 0.6) is 0 Å². The molecule has 1 N–H and O–H groups in total. The van der Waals surface area contributed by atoms with E-state index in [1.165, 1.54) is 0 Å². The lowest BCUT2D eigenvalue weighted by Crippen LogP contribution is -2.35. The van der Waals surface area contributed by atoms with Crippen LogP contribution in [0.15, 0.2) is 29.1 Å². The number of hydrogen-bond acceptors (Lipinski definition) is 3. The van der Waals surface area contributed by atoms with Gasteiger partial charge in [-0.15, -0.1) is 0 Å². The Morgan fingerprint density at radius 3 is 2.83 bits per heavy atom. The van der Waals surface area contributed by atoms with E-state index >= 15 is 0 Å². The van der Waals surface area contributed by atoms with E-state index in [1.807, 2.05) is 31.2 Å². The van der Waals surface area contributed by atoms with Crippen molar-refractivity contribution in [3.05, 3.63) is 45.7 Å². The van der Waals surface area contributed by atoms with Gasteiger partial charge in [0.25, 0.3) is 5.56 Å². The summed E-state index contributed by atoms with van der Waals surface area (Å²) in [5.41, 5.74) is 2.36. The lowest BCUT2D eigenvalue weighted by atomic mass is 10.1. The Morgan fingerprint density at radius 1 is 1.33 bits per heavy atom. The van der Waals surface area contributed by atoms with Crippen LogP contribution in [0.2, 0.25) is 0 Å². The predicted octanol–water partition coefficient (Wildman–Crippen LogP) is 3.00. The summed E-state index contributed by atoms with van der Waals surface area (Å²) in [6.07, 6.45) is 2.33. The highest BCUT2D eigenvalue weighted by Crippen LogP contribution is 2.16. The SMILES string of the molecule is CCCCC(=O)N(CCOC)Cc1cc2cccc(C)c2[nH]c1=O. The summed E-state index contributed by atoms with van der Waals surface area (Å²) < 4.78 is 5.10. The van der Waals surface area contributed by atoms with Crippen molar-refractivity contribution in [1.82, 2.24) is 9.88 Å². The van der Waals surface area contributed by atoms with E-state index < -0.39 is 0 Å². The first-order valence-corrected chi connectivity index (χ1v) is 8.45. The Labute approximate surface area is 142 Å². The molecule has 0 aliphatic carbocycles. The smallest absolute Gasteiger partial charge is 0.253 e. The van der Waals surface area contributed by atoms with Crippen LogP contribution in [0.25, 0.3) is 10.9 Å². The standard InChI is InChI=1S/C19H26N2O3/c1-4-5-9-17(22)21(10-11-24-3)13-16-12-15-8-6-7-14(2)18(15)20-19(16)23/h6-8,12H,4-5,9-11,13H2,1-3H3,(H,20,23). The highest BCUT2D eigenvalue weighted by atomic mass is 16.5. The number of methoxy groups -OCH3 is 1. The highest BCUT2D eigenvalue weighted by molar-refractivity contribution is 5.82. The van der Waals surface area contributed by atoms with Gasteiger partial charge in [-0.2, -0.15) is 0 Å². The molecule has 2 rings (SSSR count). The van der Waals surface area contributed by atoms with Crippen molar-refractivity contribution in [3.63, 3.8) is 0 Å². The zero-order valence-corrected chi connectivity index (χ0v) is 14.7. The van der Waals surface area contributed by atoms with Gasteiger partial charge in [-0.25, -0.2) is 0 Å². The number of amides is 1. The number of aromatic nitrogens is 1. The van der Waals surface area contributed by atoms with E-state index in [-0.39, 0.29) is 11.5 Å². The molecule has 2 aromatic rings. The fourth-order valence-electron chi connectivity index (χ4n) is 2.73. The summed E-state index contributed by atoms with van der Waals surface area (Å²) in [4.78, 5) is 29.5. The molecule has 0 unspecified atom stereocenters. The topological polar surface area (TPSA) is 62.4 Å². The number of rotatable bonds is 8. The summed E-state index contributed by atoms with van der Waals surface area (Å²) in [6, 6.07) is 7.79. The molecule has 0 saturated heterocycles. The number of ether oxygens (including phenoxy) is 1. The quantitative estimate of drug-likeness (QED) is 0.809. The average molecular weight is 330 g/mol. The third-order valence-electron chi connectivity index (χ3n) is 4.19. The molecule has 1 aromatic heterocycles. The van der Waals surface area contributed by atoms with Crippen molar-refractivity contribution >= 4 is 16.8 Å². The van der Waals surface area contributed by atoms with Crippen molar-refractivity contribution in [2.75, 3.05) is 20.3 Å². The van der Waals surface area contributed by atoms with Gasteiger partial charge in [-0.05, 0) is 30.4 Å². The second-order valence-corrected chi connectivity index (χ2v) is 6.07. The van der Waals surface area contributed by atoms with Crippen LogP contribution < -0.4 is 5.56 Å². The van der Waals surface area contributed by atoms with Crippen LogP contribution in [0, 0.1) is 6.92 Å². The molecule has 0 atom stereocenters. The number of carbonyl (C=O) groups is 1. The molecule has 1 aromatic carbocycles. The zero-order valence-electron chi connectivity index (χ0n) is 14.7. The number of nitrogens with one attached hydrogen (secondary N) is 1. The third kappa shape index (κ3) is 4.45. The Balaban J connectivity index is 2.27. The molecular formula is C19H26N2O3. The minimum absolute atomic E-state index is 0.0673.